The number of carbonyl (C=O) groups is 2. The number of fused-ring (bicyclic) bond motifs is 1. The minimum atomic E-state index is -0.277. The quantitative estimate of drug-likeness (QED) is 0.463. The van der Waals surface area contributed by atoms with Gasteiger partial charge in [-0.3, -0.25) is 14.6 Å². The van der Waals surface area contributed by atoms with Crippen molar-refractivity contribution in [1.82, 2.24) is 4.98 Å². The Morgan fingerprint density at radius 3 is 2.62 bits per heavy atom. The first-order valence-electron chi connectivity index (χ1n) is 10.6. The van der Waals surface area contributed by atoms with Crippen LogP contribution in [0.4, 0.5) is 10.7 Å². The monoisotopic (exact) mass is 467 g/mol. The van der Waals surface area contributed by atoms with Gasteiger partial charge in [-0.05, 0) is 66.5 Å². The van der Waals surface area contributed by atoms with E-state index in [-0.39, 0.29) is 17.2 Å². The molecule has 2 N–H and O–H groups in total. The Kier molecular flexibility index (Phi) is 6.35. The highest BCUT2D eigenvalue weighted by Crippen LogP contribution is 2.44. The lowest BCUT2D eigenvalue weighted by atomic mass is 9.72. The van der Waals surface area contributed by atoms with Gasteiger partial charge in [-0.15, -0.1) is 11.3 Å². The van der Waals surface area contributed by atoms with Gasteiger partial charge in [0.05, 0.1) is 11.1 Å². The van der Waals surface area contributed by atoms with Gasteiger partial charge in [0.25, 0.3) is 11.8 Å². The average molecular weight is 468 g/mol. The van der Waals surface area contributed by atoms with Gasteiger partial charge in [0.1, 0.15) is 5.00 Å². The topological polar surface area (TPSA) is 71.1 Å². The normalized spacial score (nSPS) is 15.7. The van der Waals surface area contributed by atoms with E-state index in [0.29, 0.717) is 32.8 Å². The summed E-state index contributed by atoms with van der Waals surface area (Å²) in [7, 11) is 0. The number of rotatable bonds is 4. The van der Waals surface area contributed by atoms with E-state index in [2.05, 4.69) is 36.4 Å². The second kappa shape index (κ2) is 9.04. The molecule has 1 atom stereocenters. The standard InChI is InChI=1S/C25H26ClN3O2S/c1-25(2,3)16-9-10-19-20(12-16)32-24(29-22(30)15-6-5-11-27-14-15)21(19)23(31)28-18-8-4-7-17(26)13-18/h4-8,11,13-14,16H,9-10,12H2,1-3H3,(H,28,31)(H,29,30). The van der Waals surface area contributed by atoms with Crippen LogP contribution in [0.2, 0.25) is 5.02 Å². The molecule has 166 valence electrons. The van der Waals surface area contributed by atoms with E-state index in [1.54, 1.807) is 42.6 Å². The molecule has 1 aromatic carbocycles. The molecule has 1 aliphatic rings. The first-order chi connectivity index (χ1) is 15.2. The highest BCUT2D eigenvalue weighted by atomic mass is 35.5. The molecule has 1 unspecified atom stereocenters. The van der Waals surface area contributed by atoms with Gasteiger partial charge >= 0.3 is 0 Å². The number of nitrogens with one attached hydrogen (secondary N) is 2. The van der Waals surface area contributed by atoms with Crippen LogP contribution >= 0.6 is 22.9 Å². The minimum absolute atomic E-state index is 0.185. The Morgan fingerprint density at radius 1 is 1.12 bits per heavy atom. The lowest BCUT2D eigenvalue weighted by Gasteiger charge is -2.33. The molecule has 0 saturated heterocycles. The summed E-state index contributed by atoms with van der Waals surface area (Å²) < 4.78 is 0. The van der Waals surface area contributed by atoms with Crippen LogP contribution in [0.3, 0.4) is 0 Å². The largest absolute Gasteiger partial charge is 0.322 e. The maximum Gasteiger partial charge on any atom is 0.258 e. The van der Waals surface area contributed by atoms with Crippen molar-refractivity contribution in [3.8, 4) is 0 Å². The summed E-state index contributed by atoms with van der Waals surface area (Å²) in [6.45, 7) is 6.77. The van der Waals surface area contributed by atoms with Crippen LogP contribution in [0.15, 0.2) is 48.8 Å². The van der Waals surface area contributed by atoms with E-state index < -0.39 is 0 Å². The zero-order valence-electron chi connectivity index (χ0n) is 18.4. The highest BCUT2D eigenvalue weighted by molar-refractivity contribution is 7.17. The van der Waals surface area contributed by atoms with Crippen LogP contribution < -0.4 is 10.6 Å². The lowest BCUT2D eigenvalue weighted by Crippen LogP contribution is -2.27. The van der Waals surface area contributed by atoms with Crippen molar-refractivity contribution >= 4 is 45.4 Å². The van der Waals surface area contributed by atoms with Gasteiger partial charge in [-0.1, -0.05) is 38.4 Å². The highest BCUT2D eigenvalue weighted by Gasteiger charge is 2.34. The second-order valence-electron chi connectivity index (χ2n) is 9.17. The Bertz CT molecular complexity index is 1150. The van der Waals surface area contributed by atoms with Gasteiger partial charge in [0, 0.05) is 28.0 Å². The minimum Gasteiger partial charge on any atom is -0.322 e. The maximum atomic E-state index is 13.4. The van der Waals surface area contributed by atoms with Gasteiger partial charge in [0.15, 0.2) is 0 Å². The fraction of sp³-hybridized carbons (Fsp3) is 0.320. The van der Waals surface area contributed by atoms with Crippen molar-refractivity contribution in [2.75, 3.05) is 10.6 Å². The number of pyridine rings is 1. The molecule has 2 aromatic heterocycles. The summed E-state index contributed by atoms with van der Waals surface area (Å²) in [5, 5.41) is 7.05. The number of aromatic nitrogens is 1. The fourth-order valence-electron chi connectivity index (χ4n) is 4.09. The predicted molar refractivity (Wildman–Crippen MR) is 131 cm³/mol. The number of thiophene rings is 1. The van der Waals surface area contributed by atoms with Gasteiger partial charge < -0.3 is 10.6 Å². The maximum absolute atomic E-state index is 13.4. The number of amides is 2. The Morgan fingerprint density at radius 2 is 1.94 bits per heavy atom. The molecule has 0 spiro atoms. The number of nitrogens with zero attached hydrogens (tertiary/aromatic N) is 1. The van der Waals surface area contributed by atoms with Crippen molar-refractivity contribution < 1.29 is 9.59 Å². The zero-order chi connectivity index (χ0) is 22.9. The molecule has 32 heavy (non-hydrogen) atoms. The van der Waals surface area contributed by atoms with Gasteiger partial charge in [0.2, 0.25) is 0 Å². The number of benzene rings is 1. The summed E-state index contributed by atoms with van der Waals surface area (Å²) in [6.07, 6.45) is 5.88. The van der Waals surface area contributed by atoms with E-state index in [1.807, 2.05) is 0 Å². The van der Waals surface area contributed by atoms with Crippen molar-refractivity contribution in [3.63, 3.8) is 0 Å². The molecule has 0 fully saturated rings. The first-order valence-corrected chi connectivity index (χ1v) is 11.8. The fourth-order valence-corrected chi connectivity index (χ4v) is 5.60. The Hall–Kier alpha value is -2.70. The predicted octanol–water partition coefficient (Wildman–Crippen LogP) is 6.45. The molecule has 0 bridgehead atoms. The molecular formula is C25H26ClN3O2S. The molecule has 2 amide bonds. The number of carbonyl (C=O) groups excluding carboxylic acids is 2. The van der Waals surface area contributed by atoms with Crippen molar-refractivity contribution in [3.05, 3.63) is 75.4 Å². The molecule has 7 heteroatoms. The first kappa shape index (κ1) is 22.5. The Labute approximate surface area is 197 Å². The molecule has 2 heterocycles. The number of hydrogen-bond donors (Lipinski definition) is 2. The number of hydrogen-bond acceptors (Lipinski definition) is 4. The molecule has 0 saturated carbocycles. The van der Waals surface area contributed by atoms with Crippen molar-refractivity contribution in [2.45, 2.75) is 40.0 Å². The number of anilines is 2. The molecular weight excluding hydrogens is 442 g/mol. The number of halogens is 1. The Balaban J connectivity index is 1.69. The molecule has 1 aliphatic carbocycles. The van der Waals surface area contributed by atoms with Crippen LogP contribution in [0, 0.1) is 11.3 Å². The van der Waals surface area contributed by atoms with Crippen LogP contribution in [-0.2, 0) is 12.8 Å². The van der Waals surface area contributed by atoms with Crippen LogP contribution in [-0.4, -0.2) is 16.8 Å². The van der Waals surface area contributed by atoms with Gasteiger partial charge in [-0.25, -0.2) is 0 Å². The van der Waals surface area contributed by atoms with Crippen LogP contribution in [0.25, 0.3) is 0 Å². The SMILES string of the molecule is CC(C)(C)C1CCc2c(sc(NC(=O)c3cccnc3)c2C(=O)Nc2cccc(Cl)c2)C1. The lowest BCUT2D eigenvalue weighted by molar-refractivity contribution is 0.102. The van der Waals surface area contributed by atoms with Crippen molar-refractivity contribution in [1.29, 1.82) is 0 Å². The van der Waals surface area contributed by atoms with E-state index in [0.717, 1.165) is 24.8 Å². The second-order valence-corrected chi connectivity index (χ2v) is 10.7. The van der Waals surface area contributed by atoms with E-state index in [1.165, 1.54) is 22.4 Å². The summed E-state index contributed by atoms with van der Waals surface area (Å²) >= 11 is 7.59. The third-order valence-electron chi connectivity index (χ3n) is 5.95. The third-order valence-corrected chi connectivity index (χ3v) is 7.36. The van der Waals surface area contributed by atoms with E-state index in [4.69, 9.17) is 11.6 Å². The molecule has 5 nitrogen and oxygen atoms in total. The van der Waals surface area contributed by atoms with Crippen LogP contribution in [0.1, 0.15) is 58.3 Å². The molecule has 4 rings (SSSR count). The van der Waals surface area contributed by atoms with E-state index in [9.17, 15) is 9.59 Å². The summed E-state index contributed by atoms with van der Waals surface area (Å²) in [5.74, 6) is 0.0145. The van der Waals surface area contributed by atoms with E-state index >= 15 is 0 Å². The summed E-state index contributed by atoms with van der Waals surface area (Å²) in [4.78, 5) is 31.4. The smallest absolute Gasteiger partial charge is 0.258 e. The average Bonchev–Trinajstić information content (AvgIpc) is 3.10. The molecule has 0 aliphatic heterocycles. The van der Waals surface area contributed by atoms with Crippen molar-refractivity contribution in [2.24, 2.45) is 11.3 Å². The van der Waals surface area contributed by atoms with Crippen LogP contribution in [0.5, 0.6) is 0 Å². The summed E-state index contributed by atoms with van der Waals surface area (Å²) in [5.41, 5.74) is 2.85. The van der Waals surface area contributed by atoms with Gasteiger partial charge in [-0.2, -0.15) is 0 Å². The third kappa shape index (κ3) is 4.87. The zero-order valence-corrected chi connectivity index (χ0v) is 19.9. The molecule has 0 radical (unpaired) electrons. The molecule has 3 aromatic rings. The summed E-state index contributed by atoms with van der Waals surface area (Å²) in [6, 6.07) is 10.5.